The number of carbonyl (C=O) groups excluding carboxylic acids is 2. The number of phenolic OH excluding ortho intramolecular Hbond substituents is 1. The summed E-state index contributed by atoms with van der Waals surface area (Å²) in [5, 5.41) is 3.86. The minimum Gasteiger partial charge on any atom is -0.743 e. The molecule has 14 nitrogen and oxygen atoms in total. The van der Waals surface area contributed by atoms with Crippen LogP contribution in [-0.2, 0) is 54.3 Å². The van der Waals surface area contributed by atoms with E-state index in [1.165, 1.54) is 102 Å². The first-order valence-electron chi connectivity index (χ1n) is 41.4. The van der Waals surface area contributed by atoms with Gasteiger partial charge in [0.2, 0.25) is 0 Å². The van der Waals surface area contributed by atoms with Gasteiger partial charge in [-0.3, -0.25) is 4.79 Å². The van der Waals surface area contributed by atoms with Gasteiger partial charge in [-0.2, -0.15) is 8.78 Å². The zero-order valence-electron chi connectivity index (χ0n) is 67.1. The Morgan fingerprint density at radius 2 is 0.991 bits per heavy atom. The summed E-state index contributed by atoms with van der Waals surface area (Å²) in [6, 6.07) is 50.3. The van der Waals surface area contributed by atoms with Gasteiger partial charge < -0.3 is 47.6 Å². The molecule has 1 N–H and O–H groups in total. The lowest BCUT2D eigenvalue weighted by Gasteiger charge is -2.55. The number of ether oxygens (including phenoxy) is 8. The van der Waals surface area contributed by atoms with Gasteiger partial charge in [0.15, 0.2) is 37.4 Å². The number of aromatic hydroxyl groups is 1. The lowest BCUT2D eigenvalue weighted by Crippen LogP contribution is -2.50. The molecule has 111 heavy (non-hydrogen) atoms. The first-order valence-corrected chi connectivity index (χ1v) is 44.0. The second-order valence-electron chi connectivity index (χ2n) is 33.3. The van der Waals surface area contributed by atoms with Crippen molar-refractivity contribution in [3.63, 3.8) is 0 Å². The Balaban J connectivity index is 0.000000146. The van der Waals surface area contributed by atoms with Crippen LogP contribution in [0.4, 0.5) is 8.78 Å². The maximum absolute atomic E-state index is 12.9. The number of benzene rings is 6. The third-order valence-electron chi connectivity index (χ3n) is 26.1. The van der Waals surface area contributed by atoms with E-state index in [0.717, 1.165) is 127 Å². The number of halogens is 2. The molecule has 0 amide bonds. The van der Waals surface area contributed by atoms with Crippen molar-refractivity contribution in [2.75, 3.05) is 26.4 Å². The highest BCUT2D eigenvalue weighted by atomic mass is 32.2. The van der Waals surface area contributed by atoms with E-state index in [2.05, 4.69) is 183 Å². The number of hydrogen-bond acceptors (Lipinski definition) is 14. The highest BCUT2D eigenvalue weighted by Gasteiger charge is 2.58. The van der Waals surface area contributed by atoms with E-state index in [-0.39, 0.29) is 23.5 Å². The van der Waals surface area contributed by atoms with Crippen molar-refractivity contribution in [3.05, 3.63) is 186 Å². The van der Waals surface area contributed by atoms with Gasteiger partial charge in [-0.15, -0.1) is 0 Å². The first kappa shape index (κ1) is 84.9. The van der Waals surface area contributed by atoms with Gasteiger partial charge in [0.25, 0.3) is 0 Å². The fraction of sp³-hybridized carbons (Fsp3) is 0.570. The Hall–Kier alpha value is -6.96. The van der Waals surface area contributed by atoms with Crippen LogP contribution in [-0.4, -0.2) is 86.5 Å². The predicted molar refractivity (Wildman–Crippen MR) is 431 cm³/mol. The molecule has 0 heterocycles. The summed E-state index contributed by atoms with van der Waals surface area (Å²) in [5.41, 5.74) is 5.76. The number of hydrogen-bond donors (Lipinski definition) is 1. The number of phenols is 1. The average molecular weight is 1570 g/mol. The van der Waals surface area contributed by atoms with Crippen LogP contribution < -0.4 is 14.2 Å². The number of aryl methyl sites for hydroxylation is 2. The van der Waals surface area contributed by atoms with Gasteiger partial charge in [-0.1, -0.05) is 134 Å². The van der Waals surface area contributed by atoms with Crippen LogP contribution in [0, 0.1) is 84.4 Å². The Morgan fingerprint density at radius 1 is 0.559 bits per heavy atom. The number of rotatable bonds is 28. The van der Waals surface area contributed by atoms with Crippen molar-refractivity contribution in [1.82, 2.24) is 0 Å². The number of alkyl halides is 2. The van der Waals surface area contributed by atoms with Gasteiger partial charge in [0.1, 0.15) is 48.9 Å². The summed E-state index contributed by atoms with van der Waals surface area (Å²) >= 11 is 0. The molecule has 0 radical (unpaired) electrons. The number of esters is 2. The molecule has 10 saturated carbocycles. The topological polar surface area (TPSA) is 185 Å². The SMILES string of the molecule is C=COC1CC2CC1C1CCCC21.CCC(C)c1ccc(O)cc1.CCC(C)c1ccc(OC(C)OC2CC3CC2C2CCCC32)cc1.CCC(C)c1ccc(OC(C)OCCOc2c(C)cc([S+](c3ccccc3)c3ccccc3)cc2C)cc1.O=C(OCCOC(=O)C(F)(F)S(=O)(=O)[O-])C12CC3CC(CC(C3)C1)C2. The number of carbonyl (C=O) groups is 2. The molecule has 0 spiro atoms. The van der Waals surface area contributed by atoms with Crippen molar-refractivity contribution in [2.45, 2.75) is 254 Å². The minimum absolute atomic E-state index is 0.149. The molecule has 10 aliphatic carbocycles. The van der Waals surface area contributed by atoms with E-state index in [1.54, 1.807) is 18.4 Å². The lowest BCUT2D eigenvalue weighted by molar-refractivity contribution is -0.176. The second-order valence-corrected chi connectivity index (χ2v) is 36.8. The molecule has 8 bridgehead atoms. The molecule has 15 atom stereocenters. The van der Waals surface area contributed by atoms with Gasteiger partial charge in [0, 0.05) is 12.1 Å². The predicted octanol–water partition coefficient (Wildman–Crippen LogP) is 21.8. The fourth-order valence-electron chi connectivity index (χ4n) is 20.5. The molecule has 18 heteroatoms. The van der Waals surface area contributed by atoms with E-state index in [9.17, 15) is 31.3 Å². The first-order chi connectivity index (χ1) is 53.3. The van der Waals surface area contributed by atoms with E-state index in [4.69, 9.17) is 38.3 Å². The molecule has 16 rings (SSSR count). The van der Waals surface area contributed by atoms with Crippen LogP contribution in [0.15, 0.2) is 173 Å². The smallest absolute Gasteiger partial charge is 0.428 e. The Bertz CT molecular complexity index is 3950. The molecule has 10 aliphatic rings. The highest BCUT2D eigenvalue weighted by Crippen LogP contribution is 2.62. The minimum atomic E-state index is -6.15. The van der Waals surface area contributed by atoms with Crippen molar-refractivity contribution in [2.24, 2.45) is 70.5 Å². The summed E-state index contributed by atoms with van der Waals surface area (Å²) in [5.74, 6) is 11.2. The largest absolute Gasteiger partial charge is 0.743 e. The quantitative estimate of drug-likeness (QED) is 0.0122. The monoisotopic (exact) mass is 1560 g/mol. The van der Waals surface area contributed by atoms with Crippen molar-refractivity contribution < 1.29 is 74.3 Å². The lowest BCUT2D eigenvalue weighted by atomic mass is 9.49. The Kier molecular flexibility index (Phi) is 29.8. The molecule has 0 saturated heterocycles. The summed E-state index contributed by atoms with van der Waals surface area (Å²) in [4.78, 5) is 27.3. The van der Waals surface area contributed by atoms with E-state index in [1.807, 2.05) is 31.2 Å². The van der Waals surface area contributed by atoms with Crippen molar-refractivity contribution in [1.29, 1.82) is 0 Å². The summed E-state index contributed by atoms with van der Waals surface area (Å²) in [6.45, 7) is 24.9. The van der Waals surface area contributed by atoms with Crippen LogP contribution in [0.2, 0.25) is 0 Å². The highest BCUT2D eigenvalue weighted by molar-refractivity contribution is 7.97. The van der Waals surface area contributed by atoms with E-state index in [0.29, 0.717) is 66.7 Å². The fourth-order valence-corrected chi connectivity index (χ4v) is 23.0. The standard InChI is InChI=1S/C34H39O3S.C22H32O2.C15H20F2O7S.C12H18O.C10H14O/c1-6-25(2)29-17-19-30(20-18-29)37-28(5)35-21-22-36-34-26(3)23-33(24-27(34)4)38(31-13-9-7-10-14-31)32-15-11-8-12-16-32;1-4-14(2)16-8-10-18(11-9-16)23-15(3)24-22-13-17-12-21(22)20-7-5-6-19(17)20;16-15(17,25(20,21)22)13(19)24-2-1-23-12(18)14-6-9-3-10(7-14)5-11(4-9)8-14;1-2-13-12-7-8-6-11(12)10-5-3-4-9(8)10;1-3-8(2)9-4-6-10(11)7-5-9/h7-20,23-25,28H,6,21-22H2,1-5H3;8-11,14-15,17,19-22H,4-7,12-13H2,1-3H3;9-11H,1-8H2,(H,20,21,22);2,8-12H,1,3-7H2;4-8,11H,3H2,1-2H3/q+1;;;;/p-1. The van der Waals surface area contributed by atoms with Crippen LogP contribution >= 0.6 is 0 Å². The molecule has 0 aliphatic heterocycles. The van der Waals surface area contributed by atoms with Gasteiger partial charge in [0.05, 0.1) is 35.3 Å². The zero-order valence-corrected chi connectivity index (χ0v) is 68.8. The third kappa shape index (κ3) is 21.3. The van der Waals surface area contributed by atoms with Crippen LogP contribution in [0.5, 0.6) is 23.0 Å². The number of fused-ring (bicyclic) bond motifs is 10. The Morgan fingerprint density at radius 3 is 1.45 bits per heavy atom. The van der Waals surface area contributed by atoms with Gasteiger partial charge >= 0.3 is 17.2 Å². The molecule has 6 aromatic rings. The van der Waals surface area contributed by atoms with E-state index < -0.39 is 45.9 Å². The normalized spacial score (nSPS) is 27.3. The van der Waals surface area contributed by atoms with Crippen molar-refractivity contribution in [3.8, 4) is 23.0 Å². The molecular formula is C93H122F2O14S2. The van der Waals surface area contributed by atoms with E-state index >= 15 is 0 Å². The average Bonchev–Trinajstić information content (AvgIpc) is 1.55. The molecular weight excluding hydrogens is 1440 g/mol. The van der Waals surface area contributed by atoms with Crippen LogP contribution in [0.3, 0.4) is 0 Å². The molecule has 10 fully saturated rings. The molecule has 0 aromatic heterocycles. The zero-order chi connectivity index (χ0) is 79.2. The summed E-state index contributed by atoms with van der Waals surface area (Å²) < 4.78 is 102. The van der Waals surface area contributed by atoms with Crippen LogP contribution in [0.25, 0.3) is 0 Å². The summed E-state index contributed by atoms with van der Waals surface area (Å²) in [6.07, 6.45) is 25.6. The summed E-state index contributed by atoms with van der Waals surface area (Å²) in [7, 11) is -6.33. The van der Waals surface area contributed by atoms with Crippen LogP contribution in [0.1, 0.15) is 223 Å². The maximum Gasteiger partial charge on any atom is 0.428 e. The molecule has 6 aromatic carbocycles. The molecule has 15 unspecified atom stereocenters. The Labute approximate surface area is 663 Å². The maximum atomic E-state index is 12.9. The second kappa shape index (κ2) is 38.9. The van der Waals surface area contributed by atoms with Gasteiger partial charge in [-0.05, 0) is 308 Å². The molecule has 604 valence electrons. The van der Waals surface area contributed by atoms with Gasteiger partial charge in [-0.25, -0.2) is 13.2 Å². The van der Waals surface area contributed by atoms with Crippen molar-refractivity contribution >= 4 is 33.0 Å². The third-order valence-corrected chi connectivity index (χ3v) is 29.0.